The standard InChI is InChI=1S/C27H35N5O4/c1-16(2)19-13-28-30(14-19)15-24-29-25-21-10-5-17(3)31(27(35)36-4)22(21)11-12-23(25)32(24)20-8-6-18(7-9-20)26(33)34/h11-14,16-18,20H,5-10,15H2,1-4H3,(H,33,34)/t17-,18-,20-/m0/s1. The molecule has 3 aromatic rings. The summed E-state index contributed by atoms with van der Waals surface area (Å²) in [5.74, 6) is 0.330. The summed E-state index contributed by atoms with van der Waals surface area (Å²) in [5, 5.41) is 14.1. The summed E-state index contributed by atoms with van der Waals surface area (Å²) in [6.07, 6.45) is 8.23. The molecular formula is C27H35N5O4. The lowest BCUT2D eigenvalue weighted by Gasteiger charge is -2.34. The Bertz CT molecular complexity index is 1280. The van der Waals surface area contributed by atoms with E-state index < -0.39 is 5.97 Å². The van der Waals surface area contributed by atoms with Crippen LogP contribution in [0.4, 0.5) is 10.5 Å². The third kappa shape index (κ3) is 4.24. The number of hydrogen-bond donors (Lipinski definition) is 1. The number of hydrogen-bond acceptors (Lipinski definition) is 5. The molecule has 1 saturated carbocycles. The van der Waals surface area contributed by atoms with Gasteiger partial charge in [-0.25, -0.2) is 9.78 Å². The highest BCUT2D eigenvalue weighted by Gasteiger charge is 2.33. The van der Waals surface area contributed by atoms with Gasteiger partial charge in [-0.15, -0.1) is 0 Å². The molecular weight excluding hydrogens is 458 g/mol. The van der Waals surface area contributed by atoms with E-state index in [0.717, 1.165) is 53.8 Å². The first-order chi connectivity index (χ1) is 17.3. The number of rotatable bonds is 5. The summed E-state index contributed by atoms with van der Waals surface area (Å²) in [5.41, 5.74) is 5.07. The Morgan fingerprint density at radius 2 is 1.92 bits per heavy atom. The van der Waals surface area contributed by atoms with Crippen molar-refractivity contribution in [1.29, 1.82) is 0 Å². The fraction of sp³-hybridized carbons (Fsp3) is 0.556. The number of nitrogens with zero attached hydrogens (tertiary/aromatic N) is 5. The van der Waals surface area contributed by atoms with Crippen LogP contribution in [-0.2, 0) is 22.5 Å². The van der Waals surface area contributed by atoms with Crippen LogP contribution in [0.25, 0.3) is 11.0 Å². The van der Waals surface area contributed by atoms with Gasteiger partial charge in [0, 0.05) is 23.8 Å². The molecule has 1 aromatic carbocycles. The van der Waals surface area contributed by atoms with Gasteiger partial charge in [-0.1, -0.05) is 13.8 Å². The second-order valence-electron chi connectivity index (χ2n) is 10.5. The number of benzene rings is 1. The number of methoxy groups -OCH3 is 1. The molecule has 1 aliphatic heterocycles. The number of carboxylic acids is 1. The first-order valence-electron chi connectivity index (χ1n) is 12.9. The number of carboxylic acid groups (broad SMARTS) is 1. The molecule has 9 heteroatoms. The van der Waals surface area contributed by atoms with Gasteiger partial charge in [0.2, 0.25) is 0 Å². The molecule has 9 nitrogen and oxygen atoms in total. The van der Waals surface area contributed by atoms with Gasteiger partial charge in [-0.2, -0.15) is 5.10 Å². The minimum Gasteiger partial charge on any atom is -0.481 e. The fourth-order valence-corrected chi connectivity index (χ4v) is 5.83. The monoisotopic (exact) mass is 493 g/mol. The SMILES string of the molecule is COC(=O)N1c2ccc3c(nc(Cn4cc(C(C)C)cn4)n3[C@H]3CC[C@H](C(=O)O)CC3)c2CC[C@@H]1C. The van der Waals surface area contributed by atoms with Crippen LogP contribution in [0, 0.1) is 5.92 Å². The van der Waals surface area contributed by atoms with Gasteiger partial charge < -0.3 is 14.4 Å². The number of aliphatic carboxylic acids is 1. The summed E-state index contributed by atoms with van der Waals surface area (Å²) in [4.78, 5) is 31.0. The Kier molecular flexibility index (Phi) is 6.49. The molecule has 0 bridgehead atoms. The zero-order chi connectivity index (χ0) is 25.6. The van der Waals surface area contributed by atoms with Crippen molar-refractivity contribution in [1.82, 2.24) is 19.3 Å². The van der Waals surface area contributed by atoms with Crippen LogP contribution in [0.5, 0.6) is 0 Å². The highest BCUT2D eigenvalue weighted by molar-refractivity contribution is 5.95. The van der Waals surface area contributed by atoms with E-state index in [2.05, 4.69) is 35.8 Å². The molecule has 1 amide bonds. The predicted octanol–water partition coefficient (Wildman–Crippen LogP) is 5.13. The van der Waals surface area contributed by atoms with Gasteiger partial charge in [-0.05, 0) is 69.1 Å². The lowest BCUT2D eigenvalue weighted by molar-refractivity contribution is -0.143. The van der Waals surface area contributed by atoms with E-state index in [9.17, 15) is 14.7 Å². The molecule has 1 atom stereocenters. The second kappa shape index (κ2) is 9.59. The number of amides is 1. The zero-order valence-corrected chi connectivity index (χ0v) is 21.5. The fourth-order valence-electron chi connectivity index (χ4n) is 5.83. The summed E-state index contributed by atoms with van der Waals surface area (Å²) in [6.45, 7) is 6.88. The van der Waals surface area contributed by atoms with Crippen LogP contribution in [0.15, 0.2) is 24.5 Å². The average Bonchev–Trinajstić information content (AvgIpc) is 3.48. The number of aryl methyl sites for hydroxylation is 1. The van der Waals surface area contributed by atoms with Gasteiger partial charge in [-0.3, -0.25) is 14.4 Å². The molecule has 0 spiro atoms. The van der Waals surface area contributed by atoms with E-state index in [1.54, 1.807) is 4.90 Å². The third-order valence-electron chi connectivity index (χ3n) is 7.93. The van der Waals surface area contributed by atoms with E-state index >= 15 is 0 Å². The quantitative estimate of drug-likeness (QED) is 0.529. The lowest BCUT2D eigenvalue weighted by Crippen LogP contribution is -2.42. The Labute approximate surface area is 211 Å². The summed E-state index contributed by atoms with van der Waals surface area (Å²) < 4.78 is 9.33. The molecule has 2 aromatic heterocycles. The Balaban J connectivity index is 1.60. The maximum Gasteiger partial charge on any atom is 0.414 e. The first-order valence-corrected chi connectivity index (χ1v) is 12.9. The van der Waals surface area contributed by atoms with Crippen molar-refractivity contribution >= 4 is 28.8 Å². The number of imidazole rings is 1. The number of ether oxygens (including phenoxy) is 1. The molecule has 2 aliphatic rings. The molecule has 36 heavy (non-hydrogen) atoms. The van der Waals surface area contributed by atoms with E-state index in [4.69, 9.17) is 9.72 Å². The molecule has 1 N–H and O–H groups in total. The molecule has 0 radical (unpaired) electrons. The smallest absolute Gasteiger partial charge is 0.414 e. The summed E-state index contributed by atoms with van der Waals surface area (Å²) in [6, 6.07) is 4.30. The third-order valence-corrected chi connectivity index (χ3v) is 7.93. The molecule has 3 heterocycles. The molecule has 1 aliphatic carbocycles. The normalized spacial score (nSPS) is 22.1. The minimum atomic E-state index is -0.701. The van der Waals surface area contributed by atoms with Gasteiger partial charge in [0.15, 0.2) is 0 Å². The Hall–Kier alpha value is -3.36. The van der Waals surface area contributed by atoms with Crippen LogP contribution >= 0.6 is 0 Å². The molecule has 1 fully saturated rings. The highest BCUT2D eigenvalue weighted by Crippen LogP contribution is 2.40. The number of carbonyl (C=O) groups excluding carboxylic acids is 1. The van der Waals surface area contributed by atoms with Crippen molar-refractivity contribution in [2.45, 2.75) is 83.8 Å². The van der Waals surface area contributed by atoms with Crippen molar-refractivity contribution in [3.05, 3.63) is 41.5 Å². The largest absolute Gasteiger partial charge is 0.481 e. The highest BCUT2D eigenvalue weighted by atomic mass is 16.5. The first kappa shape index (κ1) is 24.3. The van der Waals surface area contributed by atoms with Crippen molar-refractivity contribution in [2.75, 3.05) is 12.0 Å². The second-order valence-corrected chi connectivity index (χ2v) is 10.5. The van der Waals surface area contributed by atoms with Crippen LogP contribution in [0.2, 0.25) is 0 Å². The lowest BCUT2D eigenvalue weighted by atomic mass is 9.86. The minimum absolute atomic E-state index is 0.0498. The average molecular weight is 494 g/mol. The Morgan fingerprint density at radius 1 is 1.17 bits per heavy atom. The van der Waals surface area contributed by atoms with Crippen LogP contribution in [0.1, 0.15) is 81.8 Å². The zero-order valence-electron chi connectivity index (χ0n) is 21.5. The number of aromatic nitrogens is 4. The van der Waals surface area contributed by atoms with E-state index in [1.807, 2.05) is 23.9 Å². The van der Waals surface area contributed by atoms with Crippen LogP contribution in [0.3, 0.4) is 0 Å². The molecule has 5 rings (SSSR count). The summed E-state index contributed by atoms with van der Waals surface area (Å²) in [7, 11) is 1.41. The van der Waals surface area contributed by atoms with E-state index in [0.29, 0.717) is 25.3 Å². The van der Waals surface area contributed by atoms with Crippen molar-refractivity contribution < 1.29 is 19.4 Å². The van der Waals surface area contributed by atoms with Crippen molar-refractivity contribution in [2.24, 2.45) is 5.92 Å². The van der Waals surface area contributed by atoms with E-state index in [1.165, 1.54) is 12.7 Å². The van der Waals surface area contributed by atoms with Gasteiger partial charge >= 0.3 is 12.1 Å². The van der Waals surface area contributed by atoms with Crippen LogP contribution < -0.4 is 4.90 Å². The summed E-state index contributed by atoms with van der Waals surface area (Å²) >= 11 is 0. The van der Waals surface area contributed by atoms with Crippen molar-refractivity contribution in [3.8, 4) is 0 Å². The Morgan fingerprint density at radius 3 is 2.56 bits per heavy atom. The van der Waals surface area contributed by atoms with Gasteiger partial charge in [0.1, 0.15) is 5.82 Å². The van der Waals surface area contributed by atoms with Crippen LogP contribution in [-0.4, -0.2) is 49.7 Å². The maximum atomic E-state index is 12.6. The molecule has 0 unspecified atom stereocenters. The number of anilines is 1. The van der Waals surface area contributed by atoms with E-state index in [-0.39, 0.29) is 24.1 Å². The maximum absolute atomic E-state index is 12.6. The van der Waals surface area contributed by atoms with Gasteiger partial charge in [0.25, 0.3) is 0 Å². The van der Waals surface area contributed by atoms with Gasteiger partial charge in [0.05, 0.1) is 42.5 Å². The predicted molar refractivity (Wildman–Crippen MR) is 136 cm³/mol. The number of fused-ring (bicyclic) bond motifs is 3. The number of carbonyl (C=O) groups is 2. The molecule has 0 saturated heterocycles. The van der Waals surface area contributed by atoms with Crippen molar-refractivity contribution in [3.63, 3.8) is 0 Å². The molecule has 192 valence electrons. The topological polar surface area (TPSA) is 102 Å².